The second-order valence-electron chi connectivity index (χ2n) is 3.35. The van der Waals surface area contributed by atoms with Crippen molar-refractivity contribution in [3.05, 3.63) is 39.8 Å². The number of aromatic amines is 1. The Bertz CT molecular complexity index is 548. The Hall–Kier alpha value is -1.16. The molecule has 3 nitrogen and oxygen atoms in total. The highest BCUT2D eigenvalue weighted by Gasteiger charge is 2.02. The molecule has 0 saturated heterocycles. The molecule has 0 atom stereocenters. The van der Waals surface area contributed by atoms with Crippen LogP contribution in [-0.2, 0) is 11.8 Å². The van der Waals surface area contributed by atoms with Gasteiger partial charge in [0.15, 0.2) is 0 Å². The fourth-order valence-electron chi connectivity index (χ4n) is 1.49. The number of rotatable bonds is 2. The van der Waals surface area contributed by atoms with Crippen LogP contribution in [0.15, 0.2) is 23.0 Å². The molecule has 0 saturated carbocycles. The maximum absolute atomic E-state index is 11.5. The second-order valence-corrected chi connectivity index (χ2v) is 3.91. The molecule has 1 heterocycles. The minimum atomic E-state index is -0.0864. The van der Waals surface area contributed by atoms with Crippen LogP contribution in [0.5, 0.6) is 0 Å². The zero-order chi connectivity index (χ0) is 10.8. The summed E-state index contributed by atoms with van der Waals surface area (Å²) in [5, 5.41) is 0.778. The molecule has 4 heteroatoms. The molecule has 78 valence electrons. The second kappa shape index (κ2) is 4.14. The number of H-pyrrole nitrogens is 1. The number of fused-ring (bicyclic) bond motifs is 1. The van der Waals surface area contributed by atoms with Gasteiger partial charge in [0.25, 0.3) is 5.56 Å². The lowest BCUT2D eigenvalue weighted by molar-refractivity contribution is 0.996. The number of hydrogen-bond acceptors (Lipinski definition) is 2. The average molecular weight is 267 g/mol. The molecule has 1 aromatic carbocycles. The van der Waals surface area contributed by atoms with Crippen LogP contribution in [0.2, 0.25) is 0 Å². The Kier molecular flexibility index (Phi) is 2.86. The Morgan fingerprint density at radius 3 is 2.93 bits per heavy atom. The van der Waals surface area contributed by atoms with Gasteiger partial charge in [0.1, 0.15) is 5.69 Å². The van der Waals surface area contributed by atoms with E-state index in [1.807, 2.05) is 25.1 Å². The largest absolute Gasteiger partial charge is 0.319 e. The number of nitrogens with one attached hydrogen (secondary N) is 1. The number of aryl methyl sites for hydroxylation is 1. The number of hydrogen-bond donors (Lipinski definition) is 1. The Balaban J connectivity index is 2.70. The predicted molar refractivity (Wildman–Crippen MR) is 64.4 cm³/mol. The van der Waals surface area contributed by atoms with Crippen LogP contribution in [0.25, 0.3) is 11.0 Å². The number of aromatic nitrogens is 2. The van der Waals surface area contributed by atoms with Crippen LogP contribution in [-0.4, -0.2) is 9.97 Å². The van der Waals surface area contributed by atoms with E-state index in [-0.39, 0.29) is 5.56 Å². The van der Waals surface area contributed by atoms with Gasteiger partial charge in [-0.3, -0.25) is 4.79 Å². The van der Waals surface area contributed by atoms with Gasteiger partial charge in [-0.1, -0.05) is 28.9 Å². The van der Waals surface area contributed by atoms with Crippen molar-refractivity contribution in [3.8, 4) is 0 Å². The molecule has 2 rings (SSSR count). The average Bonchev–Trinajstić information content (AvgIpc) is 2.27. The van der Waals surface area contributed by atoms with Crippen LogP contribution >= 0.6 is 15.9 Å². The number of halogens is 1. The van der Waals surface area contributed by atoms with Gasteiger partial charge in [0.2, 0.25) is 0 Å². The highest BCUT2D eigenvalue weighted by Crippen LogP contribution is 2.13. The molecule has 1 N–H and O–H groups in total. The van der Waals surface area contributed by atoms with E-state index in [0.717, 1.165) is 21.9 Å². The molecule has 2 aromatic rings. The normalized spacial score (nSPS) is 10.8. The van der Waals surface area contributed by atoms with Crippen molar-refractivity contribution in [2.24, 2.45) is 0 Å². The smallest absolute Gasteiger partial charge is 0.270 e. The summed E-state index contributed by atoms with van der Waals surface area (Å²) in [6, 6.07) is 5.88. The summed E-state index contributed by atoms with van der Waals surface area (Å²) < 4.78 is 0. The van der Waals surface area contributed by atoms with Gasteiger partial charge in [0, 0.05) is 5.33 Å². The zero-order valence-corrected chi connectivity index (χ0v) is 9.97. The first-order valence-electron chi connectivity index (χ1n) is 4.82. The van der Waals surface area contributed by atoms with Crippen molar-refractivity contribution in [2.75, 3.05) is 0 Å². The summed E-state index contributed by atoms with van der Waals surface area (Å²) in [6.45, 7) is 1.93. The SMILES string of the molecule is CCc1nc2ccc(CBr)cc2[nH]c1=O. The third kappa shape index (κ3) is 1.95. The van der Waals surface area contributed by atoms with E-state index in [4.69, 9.17) is 0 Å². The fraction of sp³-hybridized carbons (Fsp3) is 0.273. The van der Waals surface area contributed by atoms with Crippen molar-refractivity contribution in [2.45, 2.75) is 18.7 Å². The molecule has 15 heavy (non-hydrogen) atoms. The van der Waals surface area contributed by atoms with Gasteiger partial charge in [0.05, 0.1) is 11.0 Å². The van der Waals surface area contributed by atoms with E-state index < -0.39 is 0 Å². The zero-order valence-electron chi connectivity index (χ0n) is 8.38. The summed E-state index contributed by atoms with van der Waals surface area (Å²) in [6.07, 6.45) is 0.658. The first kappa shape index (κ1) is 10.4. The van der Waals surface area contributed by atoms with E-state index in [9.17, 15) is 4.79 Å². The molecular formula is C11H11BrN2O. The highest BCUT2D eigenvalue weighted by molar-refractivity contribution is 9.08. The molecule has 1 aromatic heterocycles. The lowest BCUT2D eigenvalue weighted by Gasteiger charge is -2.01. The fourth-order valence-corrected chi connectivity index (χ4v) is 1.84. The van der Waals surface area contributed by atoms with Crippen molar-refractivity contribution in [1.82, 2.24) is 9.97 Å². The van der Waals surface area contributed by atoms with Crippen molar-refractivity contribution < 1.29 is 0 Å². The Morgan fingerprint density at radius 2 is 2.27 bits per heavy atom. The highest BCUT2D eigenvalue weighted by atomic mass is 79.9. The number of benzene rings is 1. The van der Waals surface area contributed by atoms with Gasteiger partial charge < -0.3 is 4.98 Å². The molecule has 0 spiro atoms. The number of nitrogens with zero attached hydrogens (tertiary/aromatic N) is 1. The van der Waals surface area contributed by atoms with Gasteiger partial charge in [-0.25, -0.2) is 4.98 Å². The summed E-state index contributed by atoms with van der Waals surface area (Å²) >= 11 is 3.38. The molecule has 0 aliphatic rings. The maximum atomic E-state index is 11.5. The van der Waals surface area contributed by atoms with E-state index >= 15 is 0 Å². The molecular weight excluding hydrogens is 256 g/mol. The van der Waals surface area contributed by atoms with Gasteiger partial charge in [-0.15, -0.1) is 0 Å². The van der Waals surface area contributed by atoms with Crippen LogP contribution in [0.1, 0.15) is 18.2 Å². The third-order valence-electron chi connectivity index (χ3n) is 2.32. The molecule has 0 aliphatic carbocycles. The van der Waals surface area contributed by atoms with Crippen LogP contribution in [0.4, 0.5) is 0 Å². The molecule has 0 radical (unpaired) electrons. The summed E-state index contributed by atoms with van der Waals surface area (Å²) in [5.74, 6) is 0. The van der Waals surface area contributed by atoms with Gasteiger partial charge >= 0.3 is 0 Å². The molecule has 0 aliphatic heterocycles. The van der Waals surface area contributed by atoms with E-state index in [1.165, 1.54) is 0 Å². The molecule has 0 fully saturated rings. The standard InChI is InChI=1S/C11H11BrN2O/c1-2-8-11(15)14-10-5-7(6-12)3-4-9(10)13-8/h3-5H,2,6H2,1H3,(H,14,15). The summed E-state index contributed by atoms with van der Waals surface area (Å²) in [4.78, 5) is 18.7. The van der Waals surface area contributed by atoms with Crippen molar-refractivity contribution in [3.63, 3.8) is 0 Å². The monoisotopic (exact) mass is 266 g/mol. The lowest BCUT2D eigenvalue weighted by Crippen LogP contribution is -2.14. The molecule has 0 bridgehead atoms. The van der Waals surface area contributed by atoms with E-state index in [2.05, 4.69) is 25.9 Å². The van der Waals surface area contributed by atoms with Gasteiger partial charge in [-0.05, 0) is 24.1 Å². The third-order valence-corrected chi connectivity index (χ3v) is 2.96. The van der Waals surface area contributed by atoms with Crippen molar-refractivity contribution >= 4 is 27.0 Å². The van der Waals surface area contributed by atoms with E-state index in [1.54, 1.807) is 0 Å². The first-order valence-corrected chi connectivity index (χ1v) is 5.94. The molecule has 0 amide bonds. The number of alkyl halides is 1. The first-order chi connectivity index (χ1) is 7.24. The van der Waals surface area contributed by atoms with Crippen LogP contribution in [0.3, 0.4) is 0 Å². The Labute approximate surface area is 95.7 Å². The topological polar surface area (TPSA) is 45.8 Å². The Morgan fingerprint density at radius 1 is 1.47 bits per heavy atom. The summed E-state index contributed by atoms with van der Waals surface area (Å²) in [7, 11) is 0. The minimum absolute atomic E-state index is 0.0864. The predicted octanol–water partition coefficient (Wildman–Crippen LogP) is 2.38. The quantitative estimate of drug-likeness (QED) is 0.849. The molecule has 0 unspecified atom stereocenters. The van der Waals surface area contributed by atoms with E-state index in [0.29, 0.717) is 12.1 Å². The minimum Gasteiger partial charge on any atom is -0.319 e. The van der Waals surface area contributed by atoms with Crippen LogP contribution < -0.4 is 5.56 Å². The summed E-state index contributed by atoms with van der Waals surface area (Å²) in [5.41, 5.74) is 3.28. The van der Waals surface area contributed by atoms with Crippen LogP contribution in [0, 0.1) is 0 Å². The maximum Gasteiger partial charge on any atom is 0.270 e. The van der Waals surface area contributed by atoms with Gasteiger partial charge in [-0.2, -0.15) is 0 Å². The lowest BCUT2D eigenvalue weighted by atomic mass is 10.2. The van der Waals surface area contributed by atoms with Crippen molar-refractivity contribution in [1.29, 1.82) is 0 Å².